The van der Waals surface area contributed by atoms with Crippen molar-refractivity contribution in [3.05, 3.63) is 52.8 Å². The van der Waals surface area contributed by atoms with Gasteiger partial charge in [0.2, 0.25) is 0 Å². The summed E-state index contributed by atoms with van der Waals surface area (Å²) in [5, 5.41) is 6.80. The number of amides is 1. The SMILES string of the molecule is Cc1c(Cl)cccc1NC(=O)c1cncc(NCCCN(C)C)c1. The van der Waals surface area contributed by atoms with Crippen LogP contribution in [0.15, 0.2) is 36.7 Å². The van der Waals surface area contributed by atoms with Crippen LogP contribution in [0.2, 0.25) is 5.02 Å². The number of carbonyl (C=O) groups is 1. The average Bonchev–Trinajstić information content (AvgIpc) is 2.56. The molecule has 0 spiro atoms. The summed E-state index contributed by atoms with van der Waals surface area (Å²) >= 11 is 6.08. The van der Waals surface area contributed by atoms with Gasteiger partial charge in [-0.1, -0.05) is 17.7 Å². The molecule has 128 valence electrons. The quantitative estimate of drug-likeness (QED) is 0.751. The van der Waals surface area contributed by atoms with Crippen LogP contribution in [0, 0.1) is 6.92 Å². The highest BCUT2D eigenvalue weighted by molar-refractivity contribution is 6.31. The summed E-state index contributed by atoms with van der Waals surface area (Å²) in [6.45, 7) is 3.71. The fraction of sp³-hybridized carbons (Fsp3) is 0.333. The molecule has 0 aliphatic rings. The van der Waals surface area contributed by atoms with E-state index in [2.05, 4.69) is 20.5 Å². The lowest BCUT2D eigenvalue weighted by molar-refractivity contribution is 0.102. The second-order valence-electron chi connectivity index (χ2n) is 5.91. The Hall–Kier alpha value is -2.11. The third-order valence-electron chi connectivity index (χ3n) is 3.63. The first-order valence-corrected chi connectivity index (χ1v) is 8.25. The van der Waals surface area contributed by atoms with Gasteiger partial charge in [-0.3, -0.25) is 9.78 Å². The number of pyridine rings is 1. The molecule has 24 heavy (non-hydrogen) atoms. The van der Waals surface area contributed by atoms with E-state index in [9.17, 15) is 4.79 Å². The Kier molecular flexibility index (Phi) is 6.58. The van der Waals surface area contributed by atoms with Crippen LogP contribution in [0.4, 0.5) is 11.4 Å². The summed E-state index contributed by atoms with van der Waals surface area (Å²) in [5.74, 6) is -0.204. The van der Waals surface area contributed by atoms with Gasteiger partial charge in [0, 0.05) is 29.6 Å². The van der Waals surface area contributed by atoms with Crippen molar-refractivity contribution in [3.63, 3.8) is 0 Å². The number of carbonyl (C=O) groups excluding carboxylic acids is 1. The highest BCUT2D eigenvalue weighted by atomic mass is 35.5. The molecule has 0 fully saturated rings. The number of benzene rings is 1. The zero-order chi connectivity index (χ0) is 17.5. The minimum atomic E-state index is -0.204. The van der Waals surface area contributed by atoms with E-state index in [1.165, 1.54) is 0 Å². The first kappa shape index (κ1) is 18.2. The maximum absolute atomic E-state index is 12.4. The molecule has 0 aliphatic carbocycles. The Bertz CT molecular complexity index is 703. The van der Waals surface area contributed by atoms with E-state index in [-0.39, 0.29) is 5.91 Å². The summed E-state index contributed by atoms with van der Waals surface area (Å²) in [7, 11) is 4.09. The van der Waals surface area contributed by atoms with E-state index in [0.29, 0.717) is 16.3 Å². The Labute approximate surface area is 148 Å². The number of hydrogen-bond donors (Lipinski definition) is 2. The Morgan fingerprint density at radius 2 is 2.08 bits per heavy atom. The topological polar surface area (TPSA) is 57.3 Å². The molecule has 1 aromatic heterocycles. The number of rotatable bonds is 7. The molecule has 0 aliphatic heterocycles. The van der Waals surface area contributed by atoms with Crippen molar-refractivity contribution >= 4 is 28.9 Å². The van der Waals surface area contributed by atoms with Crippen molar-refractivity contribution in [3.8, 4) is 0 Å². The molecule has 2 N–H and O–H groups in total. The van der Waals surface area contributed by atoms with Crippen LogP contribution >= 0.6 is 11.6 Å². The Morgan fingerprint density at radius 1 is 1.29 bits per heavy atom. The van der Waals surface area contributed by atoms with E-state index < -0.39 is 0 Å². The maximum Gasteiger partial charge on any atom is 0.257 e. The van der Waals surface area contributed by atoms with Crippen LogP contribution in [0.1, 0.15) is 22.3 Å². The first-order chi connectivity index (χ1) is 11.5. The van der Waals surface area contributed by atoms with Crippen molar-refractivity contribution < 1.29 is 4.79 Å². The molecule has 0 bridgehead atoms. The smallest absolute Gasteiger partial charge is 0.257 e. The summed E-state index contributed by atoms with van der Waals surface area (Å²) < 4.78 is 0. The second-order valence-corrected chi connectivity index (χ2v) is 6.32. The monoisotopic (exact) mass is 346 g/mol. The lowest BCUT2D eigenvalue weighted by atomic mass is 10.2. The highest BCUT2D eigenvalue weighted by Crippen LogP contribution is 2.23. The van der Waals surface area contributed by atoms with Crippen LogP contribution in [-0.4, -0.2) is 43.0 Å². The van der Waals surface area contributed by atoms with Gasteiger partial charge >= 0.3 is 0 Å². The Balaban J connectivity index is 1.99. The molecule has 5 nitrogen and oxygen atoms in total. The molecule has 1 aromatic carbocycles. The number of nitrogens with zero attached hydrogens (tertiary/aromatic N) is 2. The molecule has 1 heterocycles. The molecule has 0 radical (unpaired) electrons. The van der Waals surface area contributed by atoms with Gasteiger partial charge in [-0.25, -0.2) is 0 Å². The third-order valence-corrected chi connectivity index (χ3v) is 4.04. The predicted octanol–water partition coefficient (Wildman–Crippen LogP) is 3.66. The number of aromatic nitrogens is 1. The van der Waals surface area contributed by atoms with Crippen LogP contribution in [0.25, 0.3) is 0 Å². The van der Waals surface area contributed by atoms with Crippen molar-refractivity contribution in [2.45, 2.75) is 13.3 Å². The summed E-state index contributed by atoms with van der Waals surface area (Å²) in [6.07, 6.45) is 4.29. The number of nitrogens with one attached hydrogen (secondary N) is 2. The zero-order valence-electron chi connectivity index (χ0n) is 14.3. The van der Waals surface area contributed by atoms with Gasteiger partial charge in [-0.05, 0) is 57.7 Å². The van der Waals surface area contributed by atoms with Gasteiger partial charge in [0.15, 0.2) is 0 Å². The molecule has 0 saturated carbocycles. The number of halogens is 1. The molecule has 1 amide bonds. The lowest BCUT2D eigenvalue weighted by Crippen LogP contribution is -2.17. The molecule has 0 atom stereocenters. The maximum atomic E-state index is 12.4. The molecule has 6 heteroatoms. The van der Waals surface area contributed by atoms with Crippen LogP contribution in [-0.2, 0) is 0 Å². The van der Waals surface area contributed by atoms with Gasteiger partial charge in [0.05, 0.1) is 11.3 Å². The number of anilines is 2. The second kappa shape index (κ2) is 8.66. The average molecular weight is 347 g/mol. The summed E-state index contributed by atoms with van der Waals surface area (Å²) in [6, 6.07) is 7.24. The summed E-state index contributed by atoms with van der Waals surface area (Å²) in [4.78, 5) is 18.7. The van der Waals surface area contributed by atoms with Crippen molar-refractivity contribution in [1.82, 2.24) is 9.88 Å². The van der Waals surface area contributed by atoms with Gasteiger partial charge in [-0.15, -0.1) is 0 Å². The molecule has 0 unspecified atom stereocenters. The highest BCUT2D eigenvalue weighted by Gasteiger charge is 2.10. The van der Waals surface area contributed by atoms with Gasteiger partial charge in [0.1, 0.15) is 0 Å². The molecule has 2 aromatic rings. The Morgan fingerprint density at radius 3 is 2.83 bits per heavy atom. The number of hydrogen-bond acceptors (Lipinski definition) is 4. The molecule has 0 saturated heterocycles. The van der Waals surface area contributed by atoms with Gasteiger partial charge in [-0.2, -0.15) is 0 Å². The minimum Gasteiger partial charge on any atom is -0.384 e. The van der Waals surface area contributed by atoms with E-state index in [1.54, 1.807) is 24.5 Å². The molecular formula is C18H23ClN4O. The van der Waals surface area contributed by atoms with Crippen LogP contribution < -0.4 is 10.6 Å². The molecule has 2 rings (SSSR count). The van der Waals surface area contributed by atoms with Gasteiger partial charge in [0.25, 0.3) is 5.91 Å². The molecular weight excluding hydrogens is 324 g/mol. The van der Waals surface area contributed by atoms with Crippen LogP contribution in [0.3, 0.4) is 0 Å². The third kappa shape index (κ3) is 5.22. The standard InChI is InChI=1S/C18H23ClN4O/c1-13-16(19)6-4-7-17(13)22-18(24)14-10-15(12-20-11-14)21-8-5-9-23(2)3/h4,6-7,10-12,21H,5,8-9H2,1-3H3,(H,22,24). The fourth-order valence-corrected chi connectivity index (χ4v) is 2.40. The predicted molar refractivity (Wildman–Crippen MR) is 100 cm³/mol. The van der Waals surface area contributed by atoms with Gasteiger partial charge < -0.3 is 15.5 Å². The first-order valence-electron chi connectivity index (χ1n) is 7.87. The lowest BCUT2D eigenvalue weighted by Gasteiger charge is -2.12. The van der Waals surface area contributed by atoms with Crippen LogP contribution in [0.5, 0.6) is 0 Å². The summed E-state index contributed by atoms with van der Waals surface area (Å²) in [5.41, 5.74) is 2.89. The van der Waals surface area contributed by atoms with E-state index in [4.69, 9.17) is 11.6 Å². The van der Waals surface area contributed by atoms with E-state index in [0.717, 1.165) is 30.8 Å². The van der Waals surface area contributed by atoms with E-state index in [1.807, 2.05) is 33.2 Å². The van der Waals surface area contributed by atoms with Crippen molar-refractivity contribution in [1.29, 1.82) is 0 Å². The van der Waals surface area contributed by atoms with E-state index >= 15 is 0 Å². The normalized spacial score (nSPS) is 10.7. The largest absolute Gasteiger partial charge is 0.384 e. The fourth-order valence-electron chi connectivity index (χ4n) is 2.23. The van der Waals surface area contributed by atoms with Crippen molar-refractivity contribution in [2.75, 3.05) is 37.8 Å². The van der Waals surface area contributed by atoms with Crippen molar-refractivity contribution in [2.24, 2.45) is 0 Å². The zero-order valence-corrected chi connectivity index (χ0v) is 15.0. The minimum absolute atomic E-state index is 0.204.